The Morgan fingerprint density at radius 1 is 0.643 bits per heavy atom. The molecule has 0 heterocycles. The minimum atomic E-state index is -0.466. The molecule has 12 unspecified atom stereocenters. The molecule has 0 aromatic heterocycles. The van der Waals surface area contributed by atoms with Gasteiger partial charge in [-0.25, -0.2) is 0 Å². The number of aliphatic hydroxyl groups excluding tert-OH is 3. The zero-order chi connectivity index (χ0) is 30.5. The summed E-state index contributed by atoms with van der Waals surface area (Å²) < 4.78 is 16.9. The molecular formula is C34H62O6S2. The Morgan fingerprint density at radius 2 is 1.10 bits per heavy atom. The van der Waals surface area contributed by atoms with Crippen LogP contribution in [0, 0.1) is 35.5 Å². The van der Waals surface area contributed by atoms with Crippen LogP contribution in [0.5, 0.6) is 0 Å². The minimum Gasteiger partial charge on any atom is -0.390 e. The molecule has 0 amide bonds. The number of allylic oxidation sites excluding steroid dienone is 1. The van der Waals surface area contributed by atoms with Gasteiger partial charge in [-0.05, 0) is 124 Å². The number of ether oxygens (including phenoxy) is 3. The van der Waals surface area contributed by atoms with Gasteiger partial charge in [0.15, 0.2) is 0 Å². The molecule has 3 fully saturated rings. The molecule has 3 rings (SSSR count). The molecule has 6 nitrogen and oxygen atoms in total. The smallest absolute Gasteiger partial charge is 0.0835 e. The maximum absolute atomic E-state index is 11.1. The first-order valence-electron chi connectivity index (χ1n) is 16.7. The van der Waals surface area contributed by atoms with Gasteiger partial charge < -0.3 is 29.5 Å². The van der Waals surface area contributed by atoms with Crippen LogP contribution in [-0.4, -0.2) is 96.3 Å². The Hall–Kier alpha value is 0.200. The minimum absolute atomic E-state index is 0.0105. The summed E-state index contributed by atoms with van der Waals surface area (Å²) in [5.41, 5.74) is 0. The highest BCUT2D eigenvalue weighted by molar-refractivity contribution is 8.02. The first-order valence-corrected chi connectivity index (χ1v) is 19.0. The summed E-state index contributed by atoms with van der Waals surface area (Å²) in [7, 11) is 5.16. The van der Waals surface area contributed by atoms with Crippen LogP contribution in [0.4, 0.5) is 0 Å². The Kier molecular flexibility index (Phi) is 17.2. The largest absolute Gasteiger partial charge is 0.390 e. The van der Waals surface area contributed by atoms with E-state index in [-0.39, 0.29) is 36.3 Å². The third-order valence-electron chi connectivity index (χ3n) is 10.6. The molecule has 0 radical (unpaired) electrons. The maximum Gasteiger partial charge on any atom is 0.0835 e. The summed E-state index contributed by atoms with van der Waals surface area (Å²) in [6.45, 7) is 6.08. The van der Waals surface area contributed by atoms with Crippen LogP contribution in [0.25, 0.3) is 0 Å². The van der Waals surface area contributed by atoms with E-state index >= 15 is 0 Å². The van der Waals surface area contributed by atoms with Crippen LogP contribution in [0.3, 0.4) is 0 Å². The van der Waals surface area contributed by atoms with Crippen molar-refractivity contribution >= 4 is 23.5 Å². The average Bonchev–Trinajstić information content (AvgIpc) is 2.98. The maximum atomic E-state index is 11.1. The zero-order valence-corrected chi connectivity index (χ0v) is 28.5. The van der Waals surface area contributed by atoms with Crippen molar-refractivity contribution in [1.29, 1.82) is 0 Å². The van der Waals surface area contributed by atoms with Gasteiger partial charge in [-0.2, -0.15) is 23.5 Å². The van der Waals surface area contributed by atoms with Crippen LogP contribution in [0.1, 0.15) is 84.0 Å². The lowest BCUT2D eigenvalue weighted by Crippen LogP contribution is -2.47. The SMILES string of the molecule is C=CCC1CC(CC2CC(CCCSCCSCCCC3CC(C)C(O)C(OC)C3)CC(OC)C2O)C(O)C(OC)C1. The van der Waals surface area contributed by atoms with Crippen LogP contribution in [-0.2, 0) is 14.2 Å². The molecule has 42 heavy (non-hydrogen) atoms. The normalized spacial score (nSPS) is 39.3. The van der Waals surface area contributed by atoms with E-state index in [1.54, 1.807) is 21.3 Å². The number of hydrogen-bond donors (Lipinski definition) is 3. The molecule has 0 saturated heterocycles. The van der Waals surface area contributed by atoms with Crippen molar-refractivity contribution < 1.29 is 29.5 Å². The Bertz CT molecular complexity index is 743. The van der Waals surface area contributed by atoms with Crippen molar-refractivity contribution in [3.63, 3.8) is 0 Å². The van der Waals surface area contributed by atoms with E-state index in [0.717, 1.165) is 51.4 Å². The van der Waals surface area contributed by atoms with Crippen molar-refractivity contribution in [3.8, 4) is 0 Å². The van der Waals surface area contributed by atoms with Gasteiger partial charge in [0, 0.05) is 32.8 Å². The molecule has 12 atom stereocenters. The van der Waals surface area contributed by atoms with Gasteiger partial charge >= 0.3 is 0 Å². The van der Waals surface area contributed by atoms with Gasteiger partial charge in [0.1, 0.15) is 0 Å². The second kappa shape index (κ2) is 19.7. The van der Waals surface area contributed by atoms with Gasteiger partial charge in [-0.3, -0.25) is 0 Å². The lowest BCUT2D eigenvalue weighted by molar-refractivity contribution is -0.113. The third-order valence-corrected chi connectivity index (χ3v) is 13.0. The molecule has 3 N–H and O–H groups in total. The van der Waals surface area contributed by atoms with Crippen LogP contribution in [0.15, 0.2) is 12.7 Å². The second-order valence-corrected chi connectivity index (χ2v) is 16.0. The van der Waals surface area contributed by atoms with Crippen molar-refractivity contribution in [2.45, 2.75) is 121 Å². The van der Waals surface area contributed by atoms with Gasteiger partial charge in [-0.1, -0.05) is 13.0 Å². The van der Waals surface area contributed by atoms with Gasteiger partial charge in [-0.15, -0.1) is 6.58 Å². The van der Waals surface area contributed by atoms with E-state index in [0.29, 0.717) is 23.7 Å². The Morgan fingerprint density at radius 3 is 1.60 bits per heavy atom. The van der Waals surface area contributed by atoms with Gasteiger partial charge in [0.2, 0.25) is 0 Å². The fraction of sp³-hybridized carbons (Fsp3) is 0.941. The standard InChI is InChI=1S/C34H62O6S2/c1-6-9-24-17-27(33(36)30(19-24)39-4)22-28-18-26(21-31(40-5)34(28)37)11-8-13-42-15-14-41-12-7-10-25-16-23(2)32(35)29(20-25)38-3/h6,23-37H,1,7-22H2,2-5H3. The van der Waals surface area contributed by atoms with Crippen LogP contribution < -0.4 is 0 Å². The van der Waals surface area contributed by atoms with Gasteiger partial charge in [0.05, 0.1) is 36.6 Å². The highest BCUT2D eigenvalue weighted by Gasteiger charge is 2.42. The first kappa shape index (κ1) is 36.7. The summed E-state index contributed by atoms with van der Waals surface area (Å²) in [4.78, 5) is 0. The monoisotopic (exact) mass is 630 g/mol. The molecule has 3 saturated carbocycles. The topological polar surface area (TPSA) is 88.4 Å². The summed E-state index contributed by atoms with van der Waals surface area (Å²) in [6.07, 6.45) is 13.2. The zero-order valence-electron chi connectivity index (χ0n) is 26.9. The highest BCUT2D eigenvalue weighted by atomic mass is 32.2. The van der Waals surface area contributed by atoms with E-state index in [1.807, 2.05) is 6.08 Å². The number of thioether (sulfide) groups is 2. The number of rotatable bonds is 18. The molecular weight excluding hydrogens is 569 g/mol. The molecule has 3 aliphatic rings. The average molecular weight is 631 g/mol. The Labute approximate surface area is 265 Å². The van der Waals surface area contributed by atoms with Crippen molar-refractivity contribution in [2.24, 2.45) is 35.5 Å². The van der Waals surface area contributed by atoms with E-state index in [1.165, 1.54) is 48.7 Å². The van der Waals surface area contributed by atoms with Crippen molar-refractivity contribution in [3.05, 3.63) is 12.7 Å². The third kappa shape index (κ3) is 11.2. The van der Waals surface area contributed by atoms with Crippen LogP contribution in [0.2, 0.25) is 0 Å². The molecule has 0 aromatic carbocycles. The molecule has 8 heteroatoms. The van der Waals surface area contributed by atoms with Gasteiger partial charge in [0.25, 0.3) is 0 Å². The fourth-order valence-electron chi connectivity index (χ4n) is 8.20. The molecule has 0 spiro atoms. The predicted molar refractivity (Wildman–Crippen MR) is 177 cm³/mol. The molecule has 0 bridgehead atoms. The lowest BCUT2D eigenvalue weighted by Gasteiger charge is -2.44. The lowest BCUT2D eigenvalue weighted by atomic mass is 9.68. The summed E-state index contributed by atoms with van der Waals surface area (Å²) >= 11 is 4.16. The summed E-state index contributed by atoms with van der Waals surface area (Å²) in [5.74, 6) is 7.26. The first-order chi connectivity index (χ1) is 20.3. The van der Waals surface area contributed by atoms with E-state index in [2.05, 4.69) is 37.0 Å². The second-order valence-electron chi connectivity index (χ2n) is 13.6. The number of methoxy groups -OCH3 is 3. The van der Waals surface area contributed by atoms with E-state index in [9.17, 15) is 15.3 Å². The summed E-state index contributed by atoms with van der Waals surface area (Å²) in [6, 6.07) is 0. The number of aliphatic hydroxyl groups is 3. The molecule has 246 valence electrons. The van der Waals surface area contributed by atoms with E-state index in [4.69, 9.17) is 14.2 Å². The van der Waals surface area contributed by atoms with Crippen molar-refractivity contribution in [1.82, 2.24) is 0 Å². The van der Waals surface area contributed by atoms with E-state index < -0.39 is 12.2 Å². The molecule has 0 aromatic rings. The summed E-state index contributed by atoms with van der Waals surface area (Å²) in [5, 5.41) is 32.4. The quantitative estimate of drug-likeness (QED) is 0.122. The number of hydrogen-bond acceptors (Lipinski definition) is 8. The Balaban J connectivity index is 1.30. The fourth-order valence-corrected chi connectivity index (χ4v) is 10.3. The molecule has 3 aliphatic carbocycles. The predicted octanol–water partition coefficient (Wildman–Crippen LogP) is 6.21. The highest BCUT2D eigenvalue weighted by Crippen LogP contribution is 2.42. The van der Waals surface area contributed by atoms with Crippen molar-refractivity contribution in [2.75, 3.05) is 44.3 Å². The molecule has 0 aliphatic heterocycles. The van der Waals surface area contributed by atoms with Crippen LogP contribution >= 0.6 is 23.5 Å².